The fourth-order valence-electron chi connectivity index (χ4n) is 4.50. The van der Waals surface area contributed by atoms with Crippen molar-refractivity contribution in [1.29, 1.82) is 0 Å². The van der Waals surface area contributed by atoms with Crippen molar-refractivity contribution in [1.82, 2.24) is 4.90 Å². The summed E-state index contributed by atoms with van der Waals surface area (Å²) in [7, 11) is 0. The van der Waals surface area contributed by atoms with Crippen LogP contribution in [0.1, 0.15) is 63.9 Å². The van der Waals surface area contributed by atoms with Gasteiger partial charge in [0.2, 0.25) is 0 Å². The summed E-state index contributed by atoms with van der Waals surface area (Å²) >= 11 is 0. The molecule has 2 aromatic carbocycles. The number of aryl methyl sites for hydroxylation is 2. The molecule has 32 heavy (non-hydrogen) atoms. The monoisotopic (exact) mass is 434 g/mol. The quantitative estimate of drug-likeness (QED) is 0.571. The van der Waals surface area contributed by atoms with Crippen LogP contribution >= 0.6 is 0 Å². The molecule has 3 amide bonds. The van der Waals surface area contributed by atoms with Gasteiger partial charge in [-0.3, -0.25) is 24.1 Å². The van der Waals surface area contributed by atoms with Crippen LogP contribution in [0.4, 0.5) is 5.69 Å². The summed E-state index contributed by atoms with van der Waals surface area (Å²) in [6, 6.07) is 12.2. The van der Waals surface area contributed by atoms with Crippen molar-refractivity contribution in [2.75, 3.05) is 11.9 Å². The fraction of sp³-hybridized carbons (Fsp3) is 0.360. The number of carbonyl (C=O) groups excluding carboxylic acids is 4. The van der Waals surface area contributed by atoms with E-state index in [1.165, 1.54) is 0 Å². The Morgan fingerprint density at radius 2 is 1.47 bits per heavy atom. The van der Waals surface area contributed by atoms with Crippen molar-refractivity contribution in [2.24, 2.45) is 0 Å². The van der Waals surface area contributed by atoms with Crippen molar-refractivity contribution >= 4 is 29.4 Å². The fourth-order valence-corrected chi connectivity index (χ4v) is 4.50. The number of carbonyl (C=O) groups is 4. The van der Waals surface area contributed by atoms with Crippen LogP contribution in [0, 0.1) is 13.8 Å². The summed E-state index contributed by atoms with van der Waals surface area (Å²) in [6.07, 6.45) is 3.25. The molecule has 0 unspecified atom stereocenters. The second-order valence-corrected chi connectivity index (χ2v) is 8.49. The third-order valence-electron chi connectivity index (χ3n) is 6.27. The summed E-state index contributed by atoms with van der Waals surface area (Å²) in [6.45, 7) is 3.29. The van der Waals surface area contributed by atoms with Crippen LogP contribution in [0.25, 0.3) is 0 Å². The molecule has 1 heterocycles. The first kappa shape index (κ1) is 21.7. The summed E-state index contributed by atoms with van der Waals surface area (Å²) in [5, 5.41) is 2.96. The number of rotatable bonds is 5. The van der Waals surface area contributed by atoms with Gasteiger partial charge in [-0.25, -0.2) is 0 Å². The Morgan fingerprint density at radius 1 is 0.906 bits per heavy atom. The molecule has 0 aromatic heterocycles. The van der Waals surface area contributed by atoms with E-state index in [1.54, 1.807) is 24.3 Å². The zero-order valence-corrected chi connectivity index (χ0v) is 18.3. The molecule has 166 valence electrons. The third kappa shape index (κ3) is 3.90. The van der Waals surface area contributed by atoms with Gasteiger partial charge in [0.1, 0.15) is 6.54 Å². The van der Waals surface area contributed by atoms with E-state index < -0.39 is 29.9 Å². The van der Waals surface area contributed by atoms with E-state index in [-0.39, 0.29) is 17.0 Å². The highest BCUT2D eigenvalue weighted by Gasteiger charge is 2.45. The van der Waals surface area contributed by atoms with Crippen LogP contribution in [0.5, 0.6) is 0 Å². The number of anilines is 1. The highest BCUT2D eigenvalue weighted by atomic mass is 16.6. The first-order valence-electron chi connectivity index (χ1n) is 10.9. The predicted molar refractivity (Wildman–Crippen MR) is 118 cm³/mol. The minimum absolute atomic E-state index is 0.269. The number of nitrogens with zero attached hydrogens (tertiary/aromatic N) is 1. The molecule has 7 nitrogen and oxygen atoms in total. The van der Waals surface area contributed by atoms with Crippen molar-refractivity contribution in [3.05, 3.63) is 64.7 Å². The Labute approximate surface area is 186 Å². The molecule has 2 aliphatic rings. The molecule has 0 bridgehead atoms. The van der Waals surface area contributed by atoms with Crippen molar-refractivity contribution in [3.63, 3.8) is 0 Å². The van der Waals surface area contributed by atoms with Gasteiger partial charge in [-0.1, -0.05) is 36.8 Å². The van der Waals surface area contributed by atoms with E-state index in [1.807, 2.05) is 32.0 Å². The van der Waals surface area contributed by atoms with Crippen LogP contribution in [-0.4, -0.2) is 40.7 Å². The molecule has 1 N–H and O–H groups in total. The Bertz CT molecular complexity index is 1050. The van der Waals surface area contributed by atoms with Crippen molar-refractivity contribution in [2.45, 2.75) is 51.6 Å². The minimum Gasteiger partial charge on any atom is -0.448 e. The molecule has 4 rings (SSSR count). The van der Waals surface area contributed by atoms with Crippen molar-refractivity contribution < 1.29 is 23.9 Å². The number of benzene rings is 2. The van der Waals surface area contributed by atoms with Crippen LogP contribution in [0.2, 0.25) is 0 Å². The van der Waals surface area contributed by atoms with Gasteiger partial charge >= 0.3 is 5.97 Å². The van der Waals surface area contributed by atoms with Crippen LogP contribution < -0.4 is 5.32 Å². The molecule has 0 atom stereocenters. The normalized spacial score (nSPS) is 17.1. The number of hydrogen-bond donors (Lipinski definition) is 1. The molecular formula is C25H26N2O5. The summed E-state index contributed by atoms with van der Waals surface area (Å²) in [4.78, 5) is 52.2. The van der Waals surface area contributed by atoms with Crippen LogP contribution in [0.3, 0.4) is 0 Å². The van der Waals surface area contributed by atoms with Crippen molar-refractivity contribution in [3.8, 4) is 0 Å². The lowest BCUT2D eigenvalue weighted by atomic mass is 9.83. The van der Waals surface area contributed by atoms with E-state index in [0.717, 1.165) is 35.3 Å². The number of para-hydroxylation sites is 1. The Kier molecular flexibility index (Phi) is 5.82. The first-order valence-corrected chi connectivity index (χ1v) is 10.9. The molecule has 0 radical (unpaired) electrons. The maximum Gasteiger partial charge on any atom is 0.327 e. The SMILES string of the molecule is Cc1cccc(C)c1NC(=O)C1(OC(=O)CN2C(=O)c3ccccc3C2=O)CCCCC1. The van der Waals surface area contributed by atoms with Gasteiger partial charge in [0.25, 0.3) is 17.7 Å². The molecule has 7 heteroatoms. The smallest absolute Gasteiger partial charge is 0.327 e. The Morgan fingerprint density at radius 3 is 2.03 bits per heavy atom. The Hall–Kier alpha value is -3.48. The van der Waals surface area contributed by atoms with Gasteiger partial charge in [0, 0.05) is 5.69 Å². The zero-order valence-electron chi connectivity index (χ0n) is 18.3. The number of amides is 3. The predicted octanol–water partition coefficient (Wildman–Crippen LogP) is 3.78. The lowest BCUT2D eigenvalue weighted by molar-refractivity contribution is -0.170. The van der Waals surface area contributed by atoms with Gasteiger partial charge in [0.05, 0.1) is 11.1 Å². The molecular weight excluding hydrogens is 408 g/mol. The second-order valence-electron chi connectivity index (χ2n) is 8.49. The van der Waals surface area contributed by atoms with Gasteiger partial charge in [-0.05, 0) is 62.8 Å². The van der Waals surface area contributed by atoms with E-state index in [2.05, 4.69) is 5.32 Å². The second kappa shape index (κ2) is 8.57. The highest BCUT2D eigenvalue weighted by Crippen LogP contribution is 2.34. The number of fused-ring (bicyclic) bond motifs is 1. The van der Waals surface area contributed by atoms with Gasteiger partial charge in [-0.2, -0.15) is 0 Å². The van der Waals surface area contributed by atoms with E-state index in [9.17, 15) is 19.2 Å². The van der Waals surface area contributed by atoms with E-state index in [0.29, 0.717) is 18.5 Å². The summed E-state index contributed by atoms with van der Waals surface area (Å²) < 4.78 is 5.75. The molecule has 2 aromatic rings. The average Bonchev–Trinajstić information content (AvgIpc) is 3.02. The first-order chi connectivity index (χ1) is 15.3. The maximum atomic E-state index is 13.3. The minimum atomic E-state index is -1.32. The lowest BCUT2D eigenvalue weighted by Gasteiger charge is -2.35. The van der Waals surface area contributed by atoms with Gasteiger partial charge in [-0.15, -0.1) is 0 Å². The lowest BCUT2D eigenvalue weighted by Crippen LogP contribution is -2.50. The maximum absolute atomic E-state index is 13.3. The molecule has 0 spiro atoms. The third-order valence-corrected chi connectivity index (χ3v) is 6.27. The number of esters is 1. The van der Waals surface area contributed by atoms with Gasteiger partial charge in [0.15, 0.2) is 5.60 Å². The summed E-state index contributed by atoms with van der Waals surface area (Å²) in [5.41, 5.74) is 1.76. The molecule has 1 fully saturated rings. The largest absolute Gasteiger partial charge is 0.448 e. The van der Waals surface area contributed by atoms with Gasteiger partial charge < -0.3 is 10.1 Å². The van der Waals surface area contributed by atoms with E-state index in [4.69, 9.17) is 4.74 Å². The van der Waals surface area contributed by atoms with Crippen LogP contribution in [-0.2, 0) is 14.3 Å². The number of ether oxygens (including phenoxy) is 1. The standard InChI is InChI=1S/C25H26N2O5/c1-16-9-8-10-17(2)21(16)26-24(31)25(13-6-3-7-14-25)32-20(28)15-27-22(29)18-11-4-5-12-19(18)23(27)30/h4-5,8-12H,3,6-7,13-15H2,1-2H3,(H,26,31). The topological polar surface area (TPSA) is 92.8 Å². The number of nitrogens with one attached hydrogen (secondary N) is 1. The average molecular weight is 434 g/mol. The van der Waals surface area contributed by atoms with E-state index >= 15 is 0 Å². The van der Waals surface area contributed by atoms with Crippen LogP contribution in [0.15, 0.2) is 42.5 Å². The molecule has 1 aliphatic carbocycles. The summed E-state index contributed by atoms with van der Waals surface area (Å²) in [5.74, 6) is -2.19. The highest BCUT2D eigenvalue weighted by molar-refractivity contribution is 6.22. The zero-order chi connectivity index (χ0) is 22.9. The molecule has 1 aliphatic heterocycles. The molecule has 1 saturated carbocycles. The number of hydrogen-bond acceptors (Lipinski definition) is 5. The Balaban J connectivity index is 1.52. The number of imide groups is 1. The molecule has 0 saturated heterocycles.